The highest BCUT2D eigenvalue weighted by Gasteiger charge is 2.17. The van der Waals surface area contributed by atoms with Crippen molar-refractivity contribution in [2.24, 2.45) is 11.7 Å². The molecule has 130 valence electrons. The third kappa shape index (κ3) is 4.96. The molecule has 1 aromatic carbocycles. The number of hydrogen-bond donors (Lipinski definition) is 2. The van der Waals surface area contributed by atoms with E-state index in [9.17, 15) is 4.79 Å². The van der Waals surface area contributed by atoms with Gasteiger partial charge in [-0.3, -0.25) is 0 Å². The second-order valence-corrected chi connectivity index (χ2v) is 7.64. The van der Waals surface area contributed by atoms with Crippen LogP contribution in [0.15, 0.2) is 22.1 Å². The van der Waals surface area contributed by atoms with Crippen molar-refractivity contribution in [3.8, 4) is 0 Å². The van der Waals surface area contributed by atoms with Gasteiger partial charge in [-0.1, -0.05) is 60.4 Å². The summed E-state index contributed by atoms with van der Waals surface area (Å²) in [7, 11) is 0. The molecular formula is C15H16Cl3N3O2S. The van der Waals surface area contributed by atoms with Crippen molar-refractivity contribution < 1.29 is 9.53 Å². The Hall–Kier alpha value is -1.08. The maximum Gasteiger partial charge on any atom is 0.404 e. The fourth-order valence-electron chi connectivity index (χ4n) is 1.98. The molecule has 0 aliphatic heterocycles. The Kier molecular flexibility index (Phi) is 6.69. The van der Waals surface area contributed by atoms with Crippen LogP contribution in [-0.2, 0) is 17.8 Å². The molecule has 0 aliphatic rings. The van der Waals surface area contributed by atoms with Crippen LogP contribution in [0.5, 0.6) is 0 Å². The Morgan fingerprint density at radius 1 is 1.33 bits per heavy atom. The first-order chi connectivity index (χ1) is 11.3. The second kappa shape index (κ2) is 8.34. The number of ether oxygens (including phenoxy) is 1. The van der Waals surface area contributed by atoms with E-state index in [1.165, 1.54) is 11.8 Å². The highest BCUT2D eigenvalue weighted by Crippen LogP contribution is 2.41. The van der Waals surface area contributed by atoms with Gasteiger partial charge in [0.25, 0.3) is 0 Å². The average Bonchev–Trinajstić information content (AvgIpc) is 2.87. The summed E-state index contributed by atoms with van der Waals surface area (Å²) in [6, 6.07) is 3.47. The van der Waals surface area contributed by atoms with E-state index in [4.69, 9.17) is 45.3 Å². The molecule has 5 nitrogen and oxygen atoms in total. The van der Waals surface area contributed by atoms with E-state index in [1.807, 2.05) is 0 Å². The lowest BCUT2D eigenvalue weighted by molar-refractivity contribution is 0.147. The maximum atomic E-state index is 10.8. The molecule has 0 bridgehead atoms. The number of benzene rings is 1. The van der Waals surface area contributed by atoms with E-state index < -0.39 is 6.09 Å². The molecule has 0 unspecified atom stereocenters. The van der Waals surface area contributed by atoms with Gasteiger partial charge in [-0.2, -0.15) is 0 Å². The minimum atomic E-state index is -0.849. The summed E-state index contributed by atoms with van der Waals surface area (Å²) in [4.78, 5) is 19.1. The Morgan fingerprint density at radius 2 is 2.04 bits per heavy atom. The lowest BCUT2D eigenvalue weighted by atomic mass is 10.1. The van der Waals surface area contributed by atoms with Crippen LogP contribution in [0.2, 0.25) is 15.1 Å². The third-order valence-electron chi connectivity index (χ3n) is 2.96. The minimum Gasteiger partial charge on any atom is -0.442 e. The fraction of sp³-hybridized carbons (Fsp3) is 0.333. The number of halogens is 3. The highest BCUT2D eigenvalue weighted by atomic mass is 35.5. The van der Waals surface area contributed by atoms with Gasteiger partial charge in [-0.25, -0.2) is 9.78 Å². The Labute approximate surface area is 159 Å². The van der Waals surface area contributed by atoms with E-state index in [2.05, 4.69) is 23.8 Å². The smallest absolute Gasteiger partial charge is 0.404 e. The quantitative estimate of drug-likeness (QED) is 0.634. The van der Waals surface area contributed by atoms with Crippen LogP contribution < -0.4 is 5.73 Å². The SMILES string of the molecule is CC(C)Cc1[nH]c(COC(N)=O)nc1Sc1ccc(Cl)c(Cl)c1Cl. The number of carbonyl (C=O) groups excluding carboxylic acids is 1. The van der Waals surface area contributed by atoms with Crippen LogP contribution >= 0.6 is 46.6 Å². The zero-order chi connectivity index (χ0) is 17.9. The number of amides is 1. The molecule has 0 aliphatic carbocycles. The third-order valence-corrected chi connectivity index (χ3v) is 5.46. The summed E-state index contributed by atoms with van der Waals surface area (Å²) in [5.74, 6) is 0.933. The molecule has 0 atom stereocenters. The number of aromatic nitrogens is 2. The van der Waals surface area contributed by atoms with Crippen LogP contribution in [0, 0.1) is 5.92 Å². The number of primary amides is 1. The van der Waals surface area contributed by atoms with Crippen LogP contribution in [0.3, 0.4) is 0 Å². The zero-order valence-electron chi connectivity index (χ0n) is 13.0. The molecule has 0 fully saturated rings. The van der Waals surface area contributed by atoms with E-state index in [-0.39, 0.29) is 6.61 Å². The molecule has 0 saturated heterocycles. The predicted octanol–water partition coefficient (Wildman–Crippen LogP) is 5.31. The second-order valence-electron chi connectivity index (χ2n) is 5.45. The molecule has 1 heterocycles. The van der Waals surface area contributed by atoms with Gasteiger partial charge in [0.2, 0.25) is 0 Å². The molecule has 3 N–H and O–H groups in total. The van der Waals surface area contributed by atoms with Crippen LogP contribution in [-0.4, -0.2) is 16.1 Å². The van der Waals surface area contributed by atoms with Crippen LogP contribution in [0.25, 0.3) is 0 Å². The molecule has 0 spiro atoms. The summed E-state index contributed by atoms with van der Waals surface area (Å²) < 4.78 is 4.78. The van der Waals surface area contributed by atoms with Crippen molar-refractivity contribution >= 4 is 52.7 Å². The van der Waals surface area contributed by atoms with Crippen molar-refractivity contribution in [2.75, 3.05) is 0 Å². The number of nitrogens with two attached hydrogens (primary N) is 1. The van der Waals surface area contributed by atoms with Gasteiger partial charge >= 0.3 is 6.09 Å². The number of aromatic amines is 1. The highest BCUT2D eigenvalue weighted by molar-refractivity contribution is 7.99. The fourth-order valence-corrected chi connectivity index (χ4v) is 3.63. The maximum absolute atomic E-state index is 10.8. The van der Waals surface area contributed by atoms with E-state index in [0.717, 1.165) is 22.0 Å². The molecule has 24 heavy (non-hydrogen) atoms. The summed E-state index contributed by atoms with van der Waals surface area (Å²) in [5.41, 5.74) is 5.92. The minimum absolute atomic E-state index is 0.0178. The topological polar surface area (TPSA) is 81.0 Å². The average molecular weight is 409 g/mol. The number of carbonyl (C=O) groups is 1. The van der Waals surface area contributed by atoms with E-state index in [1.54, 1.807) is 12.1 Å². The van der Waals surface area contributed by atoms with Gasteiger partial charge in [-0.05, 0) is 24.5 Å². The molecule has 2 rings (SSSR count). The van der Waals surface area contributed by atoms with Crippen LogP contribution in [0.1, 0.15) is 25.4 Å². The molecule has 1 amide bonds. The van der Waals surface area contributed by atoms with Gasteiger partial charge in [0, 0.05) is 10.6 Å². The molecule has 1 aromatic heterocycles. The van der Waals surface area contributed by atoms with Gasteiger partial charge < -0.3 is 15.5 Å². The number of nitrogens with one attached hydrogen (secondary N) is 1. The van der Waals surface area contributed by atoms with E-state index >= 15 is 0 Å². The summed E-state index contributed by atoms with van der Waals surface area (Å²) >= 11 is 19.7. The Morgan fingerprint density at radius 3 is 2.67 bits per heavy atom. The number of rotatable bonds is 6. The first kappa shape index (κ1) is 19.2. The monoisotopic (exact) mass is 407 g/mol. The van der Waals surface area contributed by atoms with Crippen molar-refractivity contribution in [1.82, 2.24) is 9.97 Å². The Bertz CT molecular complexity index is 750. The van der Waals surface area contributed by atoms with Crippen molar-refractivity contribution in [3.63, 3.8) is 0 Å². The van der Waals surface area contributed by atoms with Gasteiger partial charge in [0.15, 0.2) is 6.61 Å². The molecule has 0 saturated carbocycles. The first-order valence-electron chi connectivity index (χ1n) is 7.09. The molecule has 9 heteroatoms. The Balaban J connectivity index is 2.30. The molecular weight excluding hydrogens is 393 g/mol. The van der Waals surface area contributed by atoms with Gasteiger partial charge in [0.1, 0.15) is 10.9 Å². The molecule has 0 radical (unpaired) electrons. The number of hydrogen-bond acceptors (Lipinski definition) is 4. The summed E-state index contributed by atoms with van der Waals surface area (Å²) in [6.45, 7) is 4.18. The largest absolute Gasteiger partial charge is 0.442 e. The predicted molar refractivity (Wildman–Crippen MR) is 97.1 cm³/mol. The van der Waals surface area contributed by atoms with E-state index in [0.29, 0.717) is 26.8 Å². The van der Waals surface area contributed by atoms with Crippen LogP contribution in [0.4, 0.5) is 4.79 Å². The summed E-state index contributed by atoms with van der Waals surface area (Å²) in [5, 5.41) is 1.82. The van der Waals surface area contributed by atoms with Crippen molar-refractivity contribution in [2.45, 2.75) is 36.8 Å². The first-order valence-corrected chi connectivity index (χ1v) is 9.04. The zero-order valence-corrected chi connectivity index (χ0v) is 16.1. The summed E-state index contributed by atoms with van der Waals surface area (Å²) in [6.07, 6.45) is -0.0660. The normalized spacial score (nSPS) is 11.1. The molecule has 2 aromatic rings. The number of H-pyrrole nitrogens is 1. The lowest BCUT2D eigenvalue weighted by Crippen LogP contribution is -2.13. The lowest BCUT2D eigenvalue weighted by Gasteiger charge is -2.08. The number of nitrogens with zero attached hydrogens (tertiary/aromatic N) is 1. The van der Waals surface area contributed by atoms with Gasteiger partial charge in [0.05, 0.1) is 15.1 Å². The van der Waals surface area contributed by atoms with Crippen molar-refractivity contribution in [1.29, 1.82) is 0 Å². The van der Waals surface area contributed by atoms with Crippen molar-refractivity contribution in [3.05, 3.63) is 38.7 Å². The standard InChI is InChI=1S/C15H16Cl3N3O2S/c1-7(2)5-9-14(21-11(20-9)6-23-15(19)22)24-10-4-3-8(16)12(17)13(10)18/h3-4,7H,5-6H2,1-2H3,(H2,19,22)(H,20,21). The van der Waals surface area contributed by atoms with Gasteiger partial charge in [-0.15, -0.1) is 0 Å². The number of imidazole rings is 1.